The number of nitrogens with zero attached hydrogens (tertiary/aromatic N) is 1. The highest BCUT2D eigenvalue weighted by atomic mass is 16.1. The Morgan fingerprint density at radius 3 is 2.85 bits per heavy atom. The number of hydrogen-bond acceptors (Lipinski definition) is 4. The van der Waals surface area contributed by atoms with Gasteiger partial charge in [0, 0.05) is 25.0 Å². The smallest absolute Gasteiger partial charge is 0.269 e. The molecule has 5 nitrogen and oxygen atoms in total. The molecule has 20 heavy (non-hydrogen) atoms. The fourth-order valence-corrected chi connectivity index (χ4v) is 1.93. The lowest BCUT2D eigenvalue weighted by Crippen LogP contribution is -2.25. The van der Waals surface area contributed by atoms with Crippen LogP contribution in [-0.4, -0.2) is 30.5 Å². The van der Waals surface area contributed by atoms with E-state index in [1.807, 2.05) is 13.0 Å². The van der Waals surface area contributed by atoms with Gasteiger partial charge in [-0.2, -0.15) is 0 Å². The molecule has 112 valence electrons. The molecule has 0 radical (unpaired) electrons. The third kappa shape index (κ3) is 5.57. The van der Waals surface area contributed by atoms with Gasteiger partial charge in [0.05, 0.1) is 0 Å². The lowest BCUT2D eigenvalue weighted by molar-refractivity contribution is 0.0951. The molecule has 1 aromatic rings. The van der Waals surface area contributed by atoms with Gasteiger partial charge in [-0.1, -0.05) is 13.8 Å². The second kappa shape index (κ2) is 7.85. The molecular formula is C15H26N4O. The minimum absolute atomic E-state index is 0.140. The summed E-state index contributed by atoms with van der Waals surface area (Å²) in [5.74, 6) is -0.140. The fraction of sp³-hybridized carbons (Fsp3) is 0.600. The fourth-order valence-electron chi connectivity index (χ4n) is 1.93. The standard InChI is InChI=1S/C15H26N4O/c1-4-17-14(20)13-10-12(6-9-18-13)19-11-15(2,3)7-5-8-16/h6,9-10H,4-5,7-8,11,16H2,1-3H3,(H,17,20)(H,18,19). The summed E-state index contributed by atoms with van der Waals surface area (Å²) in [7, 11) is 0. The number of nitrogens with two attached hydrogens (primary N) is 1. The maximum Gasteiger partial charge on any atom is 0.269 e. The predicted molar refractivity (Wildman–Crippen MR) is 82.8 cm³/mol. The van der Waals surface area contributed by atoms with Crippen molar-refractivity contribution >= 4 is 11.6 Å². The summed E-state index contributed by atoms with van der Waals surface area (Å²) in [5.41, 5.74) is 7.09. The average Bonchev–Trinajstić information content (AvgIpc) is 2.44. The van der Waals surface area contributed by atoms with Gasteiger partial charge in [0.25, 0.3) is 5.91 Å². The summed E-state index contributed by atoms with van der Waals surface area (Å²) < 4.78 is 0. The van der Waals surface area contributed by atoms with Crippen molar-refractivity contribution in [3.05, 3.63) is 24.0 Å². The molecule has 5 heteroatoms. The molecule has 0 fully saturated rings. The normalized spacial score (nSPS) is 11.2. The number of hydrogen-bond donors (Lipinski definition) is 3. The van der Waals surface area contributed by atoms with Crippen LogP contribution in [0, 0.1) is 5.41 Å². The first kappa shape index (κ1) is 16.4. The van der Waals surface area contributed by atoms with E-state index in [1.54, 1.807) is 12.3 Å². The monoisotopic (exact) mass is 278 g/mol. The molecule has 0 aliphatic rings. The highest BCUT2D eigenvalue weighted by Crippen LogP contribution is 2.22. The zero-order chi connectivity index (χ0) is 15.0. The van der Waals surface area contributed by atoms with Gasteiger partial charge >= 0.3 is 0 Å². The van der Waals surface area contributed by atoms with Crippen molar-refractivity contribution in [1.82, 2.24) is 10.3 Å². The van der Waals surface area contributed by atoms with Crippen molar-refractivity contribution in [1.29, 1.82) is 0 Å². The number of anilines is 1. The van der Waals surface area contributed by atoms with Gasteiger partial charge in [0.1, 0.15) is 5.69 Å². The Hall–Kier alpha value is -1.62. The van der Waals surface area contributed by atoms with E-state index in [2.05, 4.69) is 29.5 Å². The maximum atomic E-state index is 11.7. The zero-order valence-electron chi connectivity index (χ0n) is 12.7. The second-order valence-corrected chi connectivity index (χ2v) is 5.70. The summed E-state index contributed by atoms with van der Waals surface area (Å²) in [6.07, 6.45) is 3.75. The third-order valence-corrected chi connectivity index (χ3v) is 3.16. The number of nitrogens with one attached hydrogen (secondary N) is 2. The van der Waals surface area contributed by atoms with E-state index in [9.17, 15) is 4.79 Å². The van der Waals surface area contributed by atoms with Crippen molar-refractivity contribution in [2.24, 2.45) is 11.1 Å². The number of amides is 1. The van der Waals surface area contributed by atoms with Gasteiger partial charge in [-0.25, -0.2) is 0 Å². The molecule has 0 unspecified atom stereocenters. The van der Waals surface area contributed by atoms with Crippen LogP contribution in [0.15, 0.2) is 18.3 Å². The Balaban J connectivity index is 2.60. The molecule has 0 aliphatic heterocycles. The quantitative estimate of drug-likeness (QED) is 0.679. The SMILES string of the molecule is CCNC(=O)c1cc(NCC(C)(C)CCCN)ccn1. The number of aromatic nitrogens is 1. The maximum absolute atomic E-state index is 11.7. The molecule has 0 saturated carbocycles. The summed E-state index contributed by atoms with van der Waals surface area (Å²) in [6, 6.07) is 3.66. The van der Waals surface area contributed by atoms with Gasteiger partial charge < -0.3 is 16.4 Å². The Labute approximate surface area is 121 Å². The summed E-state index contributed by atoms with van der Waals surface area (Å²) >= 11 is 0. The summed E-state index contributed by atoms with van der Waals surface area (Å²) in [4.78, 5) is 15.8. The van der Waals surface area contributed by atoms with Crippen LogP contribution in [0.2, 0.25) is 0 Å². The Morgan fingerprint density at radius 1 is 1.45 bits per heavy atom. The van der Waals surface area contributed by atoms with Crippen molar-refractivity contribution < 1.29 is 4.79 Å². The van der Waals surface area contributed by atoms with Crippen LogP contribution >= 0.6 is 0 Å². The Bertz CT molecular complexity index is 432. The first-order valence-corrected chi connectivity index (χ1v) is 7.16. The lowest BCUT2D eigenvalue weighted by atomic mass is 9.87. The lowest BCUT2D eigenvalue weighted by Gasteiger charge is -2.25. The van der Waals surface area contributed by atoms with Crippen molar-refractivity contribution in [3.8, 4) is 0 Å². The minimum atomic E-state index is -0.140. The highest BCUT2D eigenvalue weighted by molar-refractivity contribution is 5.93. The van der Waals surface area contributed by atoms with Gasteiger partial charge in [-0.3, -0.25) is 9.78 Å². The number of pyridine rings is 1. The minimum Gasteiger partial charge on any atom is -0.384 e. The van der Waals surface area contributed by atoms with Crippen LogP contribution < -0.4 is 16.4 Å². The van der Waals surface area contributed by atoms with E-state index in [0.717, 1.165) is 31.6 Å². The van der Waals surface area contributed by atoms with Crippen LogP contribution in [0.25, 0.3) is 0 Å². The predicted octanol–water partition coefficient (Wildman–Crippen LogP) is 2.01. The second-order valence-electron chi connectivity index (χ2n) is 5.70. The van der Waals surface area contributed by atoms with E-state index in [4.69, 9.17) is 5.73 Å². The molecule has 0 atom stereocenters. The molecule has 1 amide bonds. The van der Waals surface area contributed by atoms with E-state index < -0.39 is 0 Å². The van der Waals surface area contributed by atoms with E-state index in [1.165, 1.54) is 0 Å². The number of rotatable bonds is 8. The molecule has 0 aromatic carbocycles. The van der Waals surface area contributed by atoms with Crippen molar-refractivity contribution in [3.63, 3.8) is 0 Å². The molecule has 0 aliphatic carbocycles. The van der Waals surface area contributed by atoms with Crippen molar-refractivity contribution in [2.45, 2.75) is 33.6 Å². The van der Waals surface area contributed by atoms with Crippen LogP contribution in [0.3, 0.4) is 0 Å². The first-order chi connectivity index (χ1) is 9.48. The average molecular weight is 278 g/mol. The van der Waals surface area contributed by atoms with Gasteiger partial charge in [-0.15, -0.1) is 0 Å². The van der Waals surface area contributed by atoms with E-state index in [0.29, 0.717) is 12.2 Å². The molecule has 1 aromatic heterocycles. The van der Waals surface area contributed by atoms with Crippen LogP contribution in [0.4, 0.5) is 5.69 Å². The summed E-state index contributed by atoms with van der Waals surface area (Å²) in [6.45, 7) is 8.47. The molecule has 1 heterocycles. The molecule has 0 spiro atoms. The third-order valence-electron chi connectivity index (χ3n) is 3.16. The van der Waals surface area contributed by atoms with Crippen LogP contribution in [0.1, 0.15) is 44.1 Å². The molecule has 0 bridgehead atoms. The first-order valence-electron chi connectivity index (χ1n) is 7.16. The van der Waals surface area contributed by atoms with Crippen molar-refractivity contribution in [2.75, 3.05) is 25.0 Å². The highest BCUT2D eigenvalue weighted by Gasteiger charge is 2.17. The number of carbonyl (C=O) groups is 1. The van der Waals surface area contributed by atoms with Crippen LogP contribution in [0.5, 0.6) is 0 Å². The number of carbonyl (C=O) groups excluding carboxylic acids is 1. The molecule has 4 N–H and O–H groups in total. The Morgan fingerprint density at radius 2 is 2.20 bits per heavy atom. The molecular weight excluding hydrogens is 252 g/mol. The van der Waals surface area contributed by atoms with E-state index in [-0.39, 0.29) is 11.3 Å². The summed E-state index contributed by atoms with van der Waals surface area (Å²) in [5, 5.41) is 6.12. The topological polar surface area (TPSA) is 80.0 Å². The Kier molecular flexibility index (Phi) is 6.45. The van der Waals surface area contributed by atoms with E-state index >= 15 is 0 Å². The molecule has 1 rings (SSSR count). The largest absolute Gasteiger partial charge is 0.384 e. The van der Waals surface area contributed by atoms with Gasteiger partial charge in [0.15, 0.2) is 0 Å². The molecule has 0 saturated heterocycles. The van der Waals surface area contributed by atoms with Crippen LogP contribution in [-0.2, 0) is 0 Å². The zero-order valence-corrected chi connectivity index (χ0v) is 12.7. The van der Waals surface area contributed by atoms with Gasteiger partial charge in [0.2, 0.25) is 0 Å². The van der Waals surface area contributed by atoms with Gasteiger partial charge in [-0.05, 0) is 43.9 Å².